The first kappa shape index (κ1) is 49.5. The Morgan fingerprint density at radius 2 is 1.01 bits per heavy atom. The van der Waals surface area contributed by atoms with Gasteiger partial charge in [0.2, 0.25) is 11.8 Å². The number of amides is 2. The Morgan fingerprint density at radius 3 is 1.42 bits per heavy atom. The number of nitrogens with one attached hydrogen (secondary N) is 4. The van der Waals surface area contributed by atoms with E-state index in [0.29, 0.717) is 50.2 Å². The Labute approximate surface area is 412 Å². The summed E-state index contributed by atoms with van der Waals surface area (Å²) in [5.41, 5.74) is 8.25. The maximum Gasteiger partial charge on any atom is 0.307 e. The molecular weight excluding hydrogens is 897 g/mol. The van der Waals surface area contributed by atoms with Crippen LogP contribution in [0.2, 0.25) is 0 Å². The van der Waals surface area contributed by atoms with E-state index in [-0.39, 0.29) is 37.2 Å². The van der Waals surface area contributed by atoms with Gasteiger partial charge in [-0.3, -0.25) is 19.2 Å². The maximum absolute atomic E-state index is 13.7. The Hall–Kier alpha value is -7.88. The number of aromatic nitrogens is 8. The Kier molecular flexibility index (Phi) is 16.2. The normalized spacial score (nSPS) is 15.4. The highest BCUT2D eigenvalue weighted by Crippen LogP contribution is 2.43. The maximum atomic E-state index is 13.7. The van der Waals surface area contributed by atoms with Crippen LogP contribution in [-0.2, 0) is 43.4 Å². The summed E-state index contributed by atoms with van der Waals surface area (Å²) in [7, 11) is 0. The topological polar surface area (TPSA) is 231 Å². The van der Waals surface area contributed by atoms with Crippen molar-refractivity contribution in [1.82, 2.24) is 51.9 Å². The number of carbonyl (C=O) groups is 4. The fraction of sp³-hybridized carbons (Fsp3) is 0.345. The zero-order chi connectivity index (χ0) is 49.6. The van der Waals surface area contributed by atoms with Gasteiger partial charge < -0.3 is 20.5 Å². The van der Waals surface area contributed by atoms with Gasteiger partial charge in [-0.05, 0) is 78.5 Å². The second kappa shape index (κ2) is 23.2. The van der Waals surface area contributed by atoms with Gasteiger partial charge in [-0.2, -0.15) is 10.4 Å². The molecule has 9 rings (SSSR count). The van der Waals surface area contributed by atoms with Crippen molar-refractivity contribution < 1.29 is 29.0 Å². The Bertz CT molecular complexity index is 2840. The van der Waals surface area contributed by atoms with Crippen LogP contribution in [0.1, 0.15) is 116 Å². The summed E-state index contributed by atoms with van der Waals surface area (Å²) >= 11 is 0. The summed E-state index contributed by atoms with van der Waals surface area (Å²) in [6.45, 7) is 4.34. The summed E-state index contributed by atoms with van der Waals surface area (Å²) in [5, 5.41) is 44.3. The predicted molar refractivity (Wildman–Crippen MR) is 266 cm³/mol. The molecule has 366 valence electrons. The summed E-state index contributed by atoms with van der Waals surface area (Å²) in [6, 6.07) is 41.7. The number of benzene rings is 5. The molecule has 2 aliphatic rings. The fourth-order valence-electron chi connectivity index (χ4n) is 9.88. The van der Waals surface area contributed by atoms with E-state index < -0.39 is 28.9 Å². The molecule has 16 nitrogen and oxygen atoms in total. The van der Waals surface area contributed by atoms with E-state index in [0.717, 1.165) is 64.6 Å². The van der Waals surface area contributed by atoms with Gasteiger partial charge >= 0.3 is 11.9 Å². The molecule has 2 saturated carbocycles. The summed E-state index contributed by atoms with van der Waals surface area (Å²) < 4.78 is 5.53. The molecule has 0 bridgehead atoms. The molecule has 16 heteroatoms. The number of carboxylic acid groups (broad SMARTS) is 1. The van der Waals surface area contributed by atoms with Crippen molar-refractivity contribution in [2.45, 2.75) is 110 Å². The average molecular weight is 957 g/mol. The van der Waals surface area contributed by atoms with Crippen LogP contribution < -0.4 is 10.6 Å². The predicted octanol–water partition coefficient (Wildman–Crippen LogP) is 8.88. The number of rotatable bonds is 18. The highest BCUT2D eigenvalue weighted by Gasteiger charge is 2.45. The van der Waals surface area contributed by atoms with Gasteiger partial charge in [0.1, 0.15) is 6.61 Å². The molecule has 2 aromatic heterocycles. The third-order valence-corrected chi connectivity index (χ3v) is 13.7. The van der Waals surface area contributed by atoms with Gasteiger partial charge in [-0.15, -0.1) is 20.4 Å². The Morgan fingerprint density at radius 1 is 0.563 bits per heavy atom. The summed E-state index contributed by atoms with van der Waals surface area (Å²) in [4.78, 5) is 51.2. The molecule has 2 fully saturated rings. The Balaban J connectivity index is 0.000000194. The van der Waals surface area contributed by atoms with Crippen molar-refractivity contribution in [3.63, 3.8) is 0 Å². The summed E-state index contributed by atoms with van der Waals surface area (Å²) in [5.74, 6) is -0.939. The van der Waals surface area contributed by atoms with Crippen molar-refractivity contribution in [1.29, 1.82) is 0 Å². The van der Waals surface area contributed by atoms with Crippen LogP contribution in [0.25, 0.3) is 22.3 Å². The number of aliphatic carboxylic acids is 1. The number of aromatic amines is 2. The molecule has 7 aromatic rings. The first-order valence-corrected chi connectivity index (χ1v) is 24.3. The van der Waals surface area contributed by atoms with Gasteiger partial charge in [-0.1, -0.05) is 175 Å². The van der Waals surface area contributed by atoms with Gasteiger partial charge in [0.15, 0.2) is 11.6 Å². The van der Waals surface area contributed by atoms with Crippen LogP contribution in [0.3, 0.4) is 0 Å². The molecule has 2 aliphatic carbocycles. The number of aryl methyl sites for hydroxylation is 2. The van der Waals surface area contributed by atoms with E-state index >= 15 is 0 Å². The summed E-state index contributed by atoms with van der Waals surface area (Å²) in [6.07, 6.45) is 6.80. The molecule has 2 amide bonds. The van der Waals surface area contributed by atoms with Gasteiger partial charge in [0.25, 0.3) is 0 Å². The number of hydrogen-bond donors (Lipinski definition) is 5. The molecule has 5 aromatic carbocycles. The number of tetrazole rings is 2. The smallest absolute Gasteiger partial charge is 0.307 e. The van der Waals surface area contributed by atoms with E-state index in [1.807, 2.05) is 48.5 Å². The number of hydrogen-bond acceptors (Lipinski definition) is 11. The largest absolute Gasteiger partial charge is 0.481 e. The zero-order valence-corrected chi connectivity index (χ0v) is 40.1. The first-order chi connectivity index (χ1) is 34.5. The van der Waals surface area contributed by atoms with Crippen LogP contribution >= 0.6 is 0 Å². The molecule has 2 atom stereocenters. The van der Waals surface area contributed by atoms with Crippen LogP contribution in [-0.4, -0.2) is 70.1 Å². The number of H-pyrrole nitrogens is 2. The minimum atomic E-state index is -0.954. The number of ether oxygens (including phenoxy) is 1. The van der Waals surface area contributed by atoms with Crippen molar-refractivity contribution in [3.8, 4) is 22.3 Å². The zero-order valence-electron chi connectivity index (χ0n) is 40.1. The van der Waals surface area contributed by atoms with E-state index in [1.165, 1.54) is 11.1 Å². The van der Waals surface area contributed by atoms with Gasteiger partial charge in [0.05, 0.1) is 35.8 Å². The van der Waals surface area contributed by atoms with Crippen LogP contribution in [0.5, 0.6) is 0 Å². The molecule has 5 N–H and O–H groups in total. The van der Waals surface area contributed by atoms with Crippen molar-refractivity contribution in [2.75, 3.05) is 0 Å². The molecule has 0 unspecified atom stereocenters. The lowest BCUT2D eigenvalue weighted by atomic mass is 9.81. The molecule has 0 radical (unpaired) electrons. The molecule has 2 heterocycles. The highest BCUT2D eigenvalue weighted by atomic mass is 16.5. The average Bonchev–Trinajstić information content (AvgIpc) is 4.24. The van der Waals surface area contributed by atoms with Gasteiger partial charge in [-0.25, -0.2) is 0 Å². The van der Waals surface area contributed by atoms with Crippen LogP contribution in [0.4, 0.5) is 0 Å². The minimum Gasteiger partial charge on any atom is -0.481 e. The van der Waals surface area contributed by atoms with Gasteiger partial charge in [0, 0.05) is 12.8 Å². The van der Waals surface area contributed by atoms with E-state index in [4.69, 9.17) is 4.74 Å². The molecular formula is C55H60N10O6. The third-order valence-electron chi connectivity index (χ3n) is 13.7. The standard InChI is InChI=1S/C31H33N5O3.C24H27N5O3/c1-22-8-7-11-26(18-22)25-14-12-23(13-15-25)19-27(29-33-35-36-34-29)32-30(38)31(16-5-6-17-31)20-28(37)39-21-24-9-3-2-4-10-24;1-16-5-4-6-19(13-16)18-9-7-17(8-10-18)14-20(22-26-28-29-27-22)25-23(32)24(15-21(30)31)11-2-3-12-24/h2-4,7-15,18,27H,5-6,16-17,19-21H2,1H3,(H,32,38)(H,33,34,35,36);4-10,13,20H,2-3,11-12,14-15H2,1H3,(H,25,32)(H,30,31)(H,26,27,28,29)/t27-;20-/m00/s1. The van der Waals surface area contributed by atoms with E-state index in [2.05, 4.69) is 145 Å². The second-order valence-electron chi connectivity index (χ2n) is 19.0. The first-order valence-electron chi connectivity index (χ1n) is 24.3. The van der Waals surface area contributed by atoms with Crippen molar-refractivity contribution in [2.24, 2.45) is 10.8 Å². The van der Waals surface area contributed by atoms with E-state index in [9.17, 15) is 24.3 Å². The van der Waals surface area contributed by atoms with Crippen LogP contribution in [0.15, 0.2) is 127 Å². The number of carboxylic acids is 1. The van der Waals surface area contributed by atoms with Crippen LogP contribution in [0, 0.1) is 24.7 Å². The quantitative estimate of drug-likeness (QED) is 0.0508. The number of esters is 1. The molecule has 0 saturated heterocycles. The third kappa shape index (κ3) is 13.1. The molecule has 0 aliphatic heterocycles. The second-order valence-corrected chi connectivity index (χ2v) is 19.0. The number of nitrogens with zero attached hydrogens (tertiary/aromatic N) is 6. The SMILES string of the molecule is Cc1cccc(-c2ccc(C[C@H](NC(=O)C3(CC(=O)O)CCCC3)c3nn[nH]n3)cc2)c1.Cc1cccc(-c2ccc(C[C@H](NC(=O)C3(CC(=O)OCc4ccccc4)CCCC3)c3nn[nH]n3)cc2)c1. The molecule has 71 heavy (non-hydrogen) atoms. The number of carbonyl (C=O) groups excluding carboxylic acids is 3. The van der Waals surface area contributed by atoms with Crippen molar-refractivity contribution in [3.05, 3.63) is 167 Å². The lowest BCUT2D eigenvalue weighted by Gasteiger charge is -2.29. The lowest BCUT2D eigenvalue weighted by Crippen LogP contribution is -2.43. The lowest BCUT2D eigenvalue weighted by molar-refractivity contribution is -0.151. The van der Waals surface area contributed by atoms with Crippen molar-refractivity contribution >= 4 is 23.8 Å². The van der Waals surface area contributed by atoms with E-state index in [1.54, 1.807) is 0 Å². The molecule has 0 spiro atoms. The minimum absolute atomic E-state index is 0.0514. The highest BCUT2D eigenvalue weighted by molar-refractivity contribution is 5.88. The monoisotopic (exact) mass is 956 g/mol. The fourth-order valence-corrected chi connectivity index (χ4v) is 9.88.